The van der Waals surface area contributed by atoms with Gasteiger partial charge < -0.3 is 0 Å². The number of nitrogens with zero attached hydrogens (tertiary/aromatic N) is 4. The van der Waals surface area contributed by atoms with Crippen molar-refractivity contribution in [2.24, 2.45) is 0 Å². The lowest BCUT2D eigenvalue weighted by Gasteiger charge is -1.96. The fourth-order valence-corrected chi connectivity index (χ4v) is 2.91. The van der Waals surface area contributed by atoms with E-state index in [2.05, 4.69) is 4.98 Å². The number of hydrogen-bond donors (Lipinski definition) is 0. The Morgan fingerprint density at radius 3 is 2.76 bits per heavy atom. The third-order valence-electron chi connectivity index (χ3n) is 2.76. The van der Waals surface area contributed by atoms with Crippen molar-refractivity contribution in [2.75, 3.05) is 0 Å². The standard InChI is InChI=1S/C15H12N4OS/c1-2-7-19-14(20)13(8-12-5-3-4-6-18-12)21-15(19)11(9-16)10-17/h3-6,8H,2,7H2,1H3. The Morgan fingerprint density at radius 1 is 1.43 bits per heavy atom. The molecular weight excluding hydrogens is 284 g/mol. The fraction of sp³-hybridized carbons (Fsp3) is 0.200. The van der Waals surface area contributed by atoms with Crippen LogP contribution in [0.4, 0.5) is 0 Å². The van der Waals surface area contributed by atoms with E-state index in [4.69, 9.17) is 10.5 Å². The van der Waals surface area contributed by atoms with Crippen LogP contribution in [0.2, 0.25) is 0 Å². The highest BCUT2D eigenvalue weighted by atomic mass is 32.1. The van der Waals surface area contributed by atoms with Gasteiger partial charge >= 0.3 is 0 Å². The summed E-state index contributed by atoms with van der Waals surface area (Å²) in [5.74, 6) is 0. The first-order valence-corrected chi connectivity index (χ1v) is 7.19. The molecule has 0 bridgehead atoms. The van der Waals surface area contributed by atoms with Crippen LogP contribution in [0.3, 0.4) is 0 Å². The lowest BCUT2D eigenvalue weighted by atomic mass is 10.3. The molecular formula is C15H12N4OS. The maximum atomic E-state index is 12.4. The zero-order valence-corrected chi connectivity index (χ0v) is 12.2. The van der Waals surface area contributed by atoms with Crippen LogP contribution in [-0.4, -0.2) is 9.55 Å². The van der Waals surface area contributed by atoms with E-state index in [0.29, 0.717) is 21.4 Å². The molecule has 2 heterocycles. The molecule has 6 heteroatoms. The van der Waals surface area contributed by atoms with Crippen LogP contribution in [-0.2, 0) is 6.54 Å². The highest BCUT2D eigenvalue weighted by Gasteiger charge is 2.08. The molecule has 2 aromatic rings. The molecule has 0 aliphatic heterocycles. The molecule has 21 heavy (non-hydrogen) atoms. The second-order valence-corrected chi connectivity index (χ2v) is 5.26. The number of pyridine rings is 1. The first kappa shape index (κ1) is 14.7. The molecule has 0 saturated carbocycles. The van der Waals surface area contributed by atoms with Crippen molar-refractivity contribution in [3.8, 4) is 12.1 Å². The first-order chi connectivity index (χ1) is 10.2. The van der Waals surface area contributed by atoms with E-state index in [-0.39, 0.29) is 11.1 Å². The average molecular weight is 296 g/mol. The molecule has 0 radical (unpaired) electrons. The van der Waals surface area contributed by atoms with Gasteiger partial charge in [0.05, 0.1) is 10.2 Å². The summed E-state index contributed by atoms with van der Waals surface area (Å²) in [6.07, 6.45) is 4.07. The van der Waals surface area contributed by atoms with Crippen molar-refractivity contribution in [1.82, 2.24) is 9.55 Å². The molecule has 0 spiro atoms. The first-order valence-electron chi connectivity index (χ1n) is 6.38. The van der Waals surface area contributed by atoms with E-state index in [0.717, 1.165) is 17.8 Å². The van der Waals surface area contributed by atoms with Crippen LogP contribution in [0.1, 0.15) is 19.0 Å². The Kier molecular flexibility index (Phi) is 4.65. The van der Waals surface area contributed by atoms with Crippen molar-refractivity contribution in [1.29, 1.82) is 10.5 Å². The van der Waals surface area contributed by atoms with E-state index in [1.165, 1.54) is 4.57 Å². The lowest BCUT2D eigenvalue weighted by molar-refractivity contribution is 0.650. The van der Waals surface area contributed by atoms with Gasteiger partial charge in [0.25, 0.3) is 5.56 Å². The highest BCUT2D eigenvalue weighted by Crippen LogP contribution is 1.95. The number of thiazole rings is 1. The summed E-state index contributed by atoms with van der Waals surface area (Å²) in [4.78, 5) is 16.6. The Balaban J connectivity index is 2.79. The van der Waals surface area contributed by atoms with Gasteiger partial charge in [-0.1, -0.05) is 13.0 Å². The normalized spacial score (nSPS) is 10.9. The quantitative estimate of drug-likeness (QED) is 0.836. The molecule has 0 fully saturated rings. The molecule has 5 nitrogen and oxygen atoms in total. The molecule has 0 N–H and O–H groups in total. The Hall–Kier alpha value is -2.70. The van der Waals surface area contributed by atoms with Gasteiger partial charge in [0.1, 0.15) is 16.8 Å². The second-order valence-electron chi connectivity index (χ2n) is 4.23. The maximum absolute atomic E-state index is 12.4. The smallest absolute Gasteiger partial charge is 0.269 e. The van der Waals surface area contributed by atoms with Crippen LogP contribution in [0.25, 0.3) is 11.6 Å². The van der Waals surface area contributed by atoms with E-state index in [1.54, 1.807) is 24.4 Å². The predicted octanol–water partition coefficient (Wildman–Crippen LogP) is 0.741. The minimum atomic E-state index is -0.189. The van der Waals surface area contributed by atoms with Crippen molar-refractivity contribution in [2.45, 2.75) is 19.9 Å². The molecule has 0 atom stereocenters. The van der Waals surface area contributed by atoms with Gasteiger partial charge in [0, 0.05) is 12.7 Å². The number of aromatic nitrogens is 2. The van der Waals surface area contributed by atoms with Gasteiger partial charge in [-0.3, -0.25) is 14.3 Å². The summed E-state index contributed by atoms with van der Waals surface area (Å²) in [7, 11) is 0. The number of nitriles is 2. The SMILES string of the molecule is CCCn1c(=C(C#N)C#N)sc(=Cc2ccccn2)c1=O. The van der Waals surface area contributed by atoms with Crippen molar-refractivity contribution >= 4 is 23.0 Å². The molecule has 0 aromatic carbocycles. The summed E-state index contributed by atoms with van der Waals surface area (Å²) >= 11 is 1.15. The summed E-state index contributed by atoms with van der Waals surface area (Å²) in [6, 6.07) is 9.12. The van der Waals surface area contributed by atoms with Gasteiger partial charge in [-0.15, -0.1) is 11.3 Å². The predicted molar refractivity (Wildman–Crippen MR) is 80.6 cm³/mol. The molecule has 0 aliphatic carbocycles. The van der Waals surface area contributed by atoms with Crippen LogP contribution in [0.5, 0.6) is 0 Å². The van der Waals surface area contributed by atoms with E-state index in [1.807, 2.05) is 25.1 Å². The minimum Gasteiger partial charge on any atom is -0.297 e. The Morgan fingerprint density at radius 2 is 2.19 bits per heavy atom. The number of hydrogen-bond acceptors (Lipinski definition) is 5. The molecule has 0 saturated heterocycles. The van der Waals surface area contributed by atoms with Crippen molar-refractivity contribution < 1.29 is 0 Å². The Bertz CT molecular complexity index is 878. The summed E-state index contributed by atoms with van der Waals surface area (Å²) in [5, 5.41) is 18.0. The zero-order valence-electron chi connectivity index (χ0n) is 11.4. The molecule has 2 aromatic heterocycles. The molecule has 0 aliphatic rings. The van der Waals surface area contributed by atoms with Crippen LogP contribution in [0, 0.1) is 22.7 Å². The molecule has 0 unspecified atom stereocenters. The summed E-state index contributed by atoms with van der Waals surface area (Å²) in [5.41, 5.74) is 0.443. The minimum absolute atomic E-state index is 0.0359. The van der Waals surface area contributed by atoms with Crippen LogP contribution in [0.15, 0.2) is 29.2 Å². The second kappa shape index (κ2) is 6.65. The van der Waals surface area contributed by atoms with Crippen LogP contribution < -0.4 is 14.8 Å². The summed E-state index contributed by atoms with van der Waals surface area (Å²) < 4.78 is 2.37. The van der Waals surface area contributed by atoms with Crippen molar-refractivity contribution in [3.05, 3.63) is 49.6 Å². The summed E-state index contributed by atoms with van der Waals surface area (Å²) in [6.45, 7) is 2.42. The highest BCUT2D eigenvalue weighted by molar-refractivity contribution is 7.07. The fourth-order valence-electron chi connectivity index (χ4n) is 1.85. The third-order valence-corrected chi connectivity index (χ3v) is 3.89. The zero-order chi connectivity index (χ0) is 15.2. The monoisotopic (exact) mass is 296 g/mol. The van der Waals surface area contributed by atoms with Gasteiger partial charge in [-0.25, -0.2) is 0 Å². The van der Waals surface area contributed by atoms with Gasteiger partial charge in [0.2, 0.25) is 0 Å². The van der Waals surface area contributed by atoms with E-state index in [9.17, 15) is 4.79 Å². The van der Waals surface area contributed by atoms with Crippen LogP contribution >= 0.6 is 11.3 Å². The van der Waals surface area contributed by atoms with Gasteiger partial charge in [-0.2, -0.15) is 10.5 Å². The topological polar surface area (TPSA) is 82.5 Å². The van der Waals surface area contributed by atoms with Gasteiger partial charge in [0.15, 0.2) is 5.57 Å². The largest absolute Gasteiger partial charge is 0.297 e. The lowest BCUT2D eigenvalue weighted by Crippen LogP contribution is -2.32. The third kappa shape index (κ3) is 3.07. The van der Waals surface area contributed by atoms with E-state index >= 15 is 0 Å². The molecule has 0 amide bonds. The maximum Gasteiger partial charge on any atom is 0.269 e. The molecule has 104 valence electrons. The Labute approximate surface area is 125 Å². The van der Waals surface area contributed by atoms with Gasteiger partial charge in [-0.05, 0) is 24.6 Å². The van der Waals surface area contributed by atoms with Crippen molar-refractivity contribution in [3.63, 3.8) is 0 Å². The van der Waals surface area contributed by atoms with E-state index < -0.39 is 0 Å². The average Bonchev–Trinajstić information content (AvgIpc) is 2.80. The molecule has 2 rings (SSSR count). The number of rotatable bonds is 3.